The van der Waals surface area contributed by atoms with Gasteiger partial charge in [-0.25, -0.2) is 8.42 Å². The zero-order chi connectivity index (χ0) is 23.3. The van der Waals surface area contributed by atoms with Crippen LogP contribution in [-0.4, -0.2) is 33.6 Å². The highest BCUT2D eigenvalue weighted by Crippen LogP contribution is 2.25. The first kappa shape index (κ1) is 23.1. The maximum atomic E-state index is 12.8. The predicted octanol–water partition coefficient (Wildman–Crippen LogP) is 4.95. The maximum absolute atomic E-state index is 12.8. The highest BCUT2D eigenvalue weighted by atomic mass is 35.5. The molecule has 0 aliphatic carbocycles. The summed E-state index contributed by atoms with van der Waals surface area (Å²) in [6, 6.07) is 19.3. The molecule has 1 saturated heterocycles. The highest BCUT2D eigenvalue weighted by Gasteiger charge is 2.18. The second-order valence-corrected chi connectivity index (χ2v) is 9.63. The van der Waals surface area contributed by atoms with E-state index in [1.807, 2.05) is 0 Å². The van der Waals surface area contributed by atoms with E-state index < -0.39 is 10.0 Å². The summed E-state index contributed by atoms with van der Waals surface area (Å²) in [4.78, 5) is 12.6. The van der Waals surface area contributed by atoms with Crippen LogP contribution in [0.15, 0.2) is 77.7 Å². The van der Waals surface area contributed by atoms with Crippen LogP contribution < -0.4 is 14.8 Å². The Morgan fingerprint density at radius 1 is 1.06 bits per heavy atom. The first-order valence-corrected chi connectivity index (χ1v) is 12.3. The minimum Gasteiger partial charge on any atom is -0.491 e. The third-order valence-corrected chi connectivity index (χ3v) is 6.79. The number of rotatable bonds is 8. The summed E-state index contributed by atoms with van der Waals surface area (Å²) in [5, 5.41) is 3.01. The number of benzene rings is 3. The predicted molar refractivity (Wildman–Crippen MR) is 128 cm³/mol. The Hall–Kier alpha value is -3.07. The largest absolute Gasteiger partial charge is 0.491 e. The first-order chi connectivity index (χ1) is 15.9. The fourth-order valence-electron chi connectivity index (χ4n) is 3.36. The molecule has 7 nitrogen and oxygen atoms in total. The molecule has 0 saturated carbocycles. The fourth-order valence-corrected chi connectivity index (χ4v) is 4.72. The van der Waals surface area contributed by atoms with Crippen molar-refractivity contribution in [2.24, 2.45) is 0 Å². The summed E-state index contributed by atoms with van der Waals surface area (Å²) in [5.41, 5.74) is 1.04. The third-order valence-electron chi connectivity index (χ3n) is 5.10. The summed E-state index contributed by atoms with van der Waals surface area (Å²) in [5.74, 6) is 0.287. The molecule has 0 aromatic heterocycles. The van der Waals surface area contributed by atoms with Crippen LogP contribution >= 0.6 is 11.6 Å². The third kappa shape index (κ3) is 6.04. The molecule has 172 valence electrons. The zero-order valence-corrected chi connectivity index (χ0v) is 19.2. The van der Waals surface area contributed by atoms with E-state index in [9.17, 15) is 13.2 Å². The van der Waals surface area contributed by atoms with Gasteiger partial charge >= 0.3 is 0 Å². The average molecular weight is 487 g/mol. The topological polar surface area (TPSA) is 93.7 Å². The lowest BCUT2D eigenvalue weighted by Crippen LogP contribution is -2.16. The van der Waals surface area contributed by atoms with E-state index in [1.54, 1.807) is 60.7 Å². The molecule has 0 radical (unpaired) electrons. The number of carbonyl (C=O) groups is 1. The van der Waals surface area contributed by atoms with Crippen LogP contribution in [0.4, 0.5) is 11.4 Å². The molecule has 1 aliphatic heterocycles. The number of amides is 1. The molecule has 2 N–H and O–H groups in total. The Labute approximate surface area is 197 Å². The number of halogens is 1. The minimum absolute atomic E-state index is 0.00176. The highest BCUT2D eigenvalue weighted by molar-refractivity contribution is 7.92. The Morgan fingerprint density at radius 3 is 2.58 bits per heavy atom. The maximum Gasteiger partial charge on any atom is 0.262 e. The van der Waals surface area contributed by atoms with Crippen LogP contribution in [0.3, 0.4) is 0 Å². The molecular formula is C24H23ClN2O5S. The monoisotopic (exact) mass is 486 g/mol. The van der Waals surface area contributed by atoms with E-state index in [0.29, 0.717) is 23.6 Å². The van der Waals surface area contributed by atoms with Gasteiger partial charge in [0.05, 0.1) is 21.7 Å². The lowest BCUT2D eigenvalue weighted by molar-refractivity contribution is 0.0679. The number of hydrogen-bond acceptors (Lipinski definition) is 5. The summed E-state index contributed by atoms with van der Waals surface area (Å²) >= 11 is 6.05. The number of carbonyl (C=O) groups excluding carboxylic acids is 1. The van der Waals surface area contributed by atoms with Gasteiger partial charge < -0.3 is 14.8 Å². The van der Waals surface area contributed by atoms with Gasteiger partial charge in [-0.3, -0.25) is 9.52 Å². The molecule has 3 aromatic rings. The number of nitrogens with one attached hydrogen (secondary N) is 2. The average Bonchev–Trinajstić information content (AvgIpc) is 3.33. The number of anilines is 2. The zero-order valence-electron chi connectivity index (χ0n) is 17.7. The van der Waals surface area contributed by atoms with E-state index in [2.05, 4.69) is 10.0 Å². The Kier molecular flexibility index (Phi) is 7.17. The molecule has 1 aliphatic rings. The molecule has 33 heavy (non-hydrogen) atoms. The van der Waals surface area contributed by atoms with Crippen molar-refractivity contribution in [3.05, 3.63) is 83.4 Å². The molecule has 0 bridgehead atoms. The van der Waals surface area contributed by atoms with Crippen LogP contribution in [0.25, 0.3) is 0 Å². The van der Waals surface area contributed by atoms with Crippen molar-refractivity contribution in [2.75, 3.05) is 23.3 Å². The SMILES string of the molecule is O=C(Nc1cccc(S(=O)(=O)Nc2ccccc2Cl)c1)c1ccc(OCC2CCCO2)cc1. The van der Waals surface area contributed by atoms with E-state index in [4.69, 9.17) is 21.1 Å². The number of ether oxygens (including phenoxy) is 2. The molecule has 1 amide bonds. The van der Waals surface area contributed by atoms with E-state index in [-0.39, 0.29) is 27.6 Å². The van der Waals surface area contributed by atoms with Crippen molar-refractivity contribution in [3.8, 4) is 5.75 Å². The lowest BCUT2D eigenvalue weighted by atomic mass is 10.2. The molecule has 3 aromatic carbocycles. The molecule has 9 heteroatoms. The van der Waals surface area contributed by atoms with Gasteiger partial charge in [-0.2, -0.15) is 0 Å². The van der Waals surface area contributed by atoms with Gasteiger partial charge in [-0.1, -0.05) is 29.8 Å². The Bertz CT molecular complexity index is 1230. The normalized spacial score (nSPS) is 15.7. The second-order valence-electron chi connectivity index (χ2n) is 7.54. The molecule has 1 unspecified atom stereocenters. The van der Waals surface area contributed by atoms with Crippen molar-refractivity contribution >= 4 is 38.9 Å². The van der Waals surface area contributed by atoms with Gasteiger partial charge in [0.2, 0.25) is 0 Å². The van der Waals surface area contributed by atoms with Crippen molar-refractivity contribution in [1.29, 1.82) is 0 Å². The number of para-hydroxylation sites is 1. The van der Waals surface area contributed by atoms with Gasteiger partial charge in [0, 0.05) is 17.9 Å². The van der Waals surface area contributed by atoms with Crippen molar-refractivity contribution < 1.29 is 22.7 Å². The lowest BCUT2D eigenvalue weighted by Gasteiger charge is -2.12. The van der Waals surface area contributed by atoms with Gasteiger partial charge in [0.15, 0.2) is 0 Å². The van der Waals surface area contributed by atoms with Crippen LogP contribution in [-0.2, 0) is 14.8 Å². The molecule has 1 atom stereocenters. The van der Waals surface area contributed by atoms with Crippen molar-refractivity contribution in [1.82, 2.24) is 0 Å². The number of hydrogen-bond donors (Lipinski definition) is 2. The van der Waals surface area contributed by atoms with E-state index in [1.165, 1.54) is 12.1 Å². The van der Waals surface area contributed by atoms with Gasteiger partial charge in [0.1, 0.15) is 12.4 Å². The fraction of sp³-hybridized carbons (Fsp3) is 0.208. The first-order valence-electron chi connectivity index (χ1n) is 10.4. The van der Waals surface area contributed by atoms with Crippen LogP contribution in [0.5, 0.6) is 5.75 Å². The van der Waals surface area contributed by atoms with E-state index in [0.717, 1.165) is 19.4 Å². The van der Waals surface area contributed by atoms with Gasteiger partial charge in [-0.15, -0.1) is 0 Å². The van der Waals surface area contributed by atoms with Crippen molar-refractivity contribution in [2.45, 2.75) is 23.8 Å². The quantitative estimate of drug-likeness (QED) is 0.469. The molecule has 4 rings (SSSR count). The smallest absolute Gasteiger partial charge is 0.262 e. The van der Waals surface area contributed by atoms with Crippen LogP contribution in [0.1, 0.15) is 23.2 Å². The summed E-state index contributed by atoms with van der Waals surface area (Å²) in [6.07, 6.45) is 2.15. The molecule has 1 heterocycles. The van der Waals surface area contributed by atoms with Crippen LogP contribution in [0, 0.1) is 0 Å². The summed E-state index contributed by atoms with van der Waals surface area (Å²) < 4.78 is 39.2. The van der Waals surface area contributed by atoms with E-state index >= 15 is 0 Å². The molecule has 1 fully saturated rings. The molecule has 0 spiro atoms. The number of sulfonamides is 1. The standard InChI is InChI=1S/C24H23ClN2O5S/c25-22-8-1-2-9-23(22)27-33(29,30)21-7-3-5-18(15-21)26-24(28)17-10-12-19(13-11-17)32-16-20-6-4-14-31-20/h1-3,5,7-13,15,20,27H,4,6,14,16H2,(H,26,28). The second kappa shape index (κ2) is 10.2. The molecular weight excluding hydrogens is 464 g/mol. The summed E-state index contributed by atoms with van der Waals surface area (Å²) in [6.45, 7) is 1.25. The van der Waals surface area contributed by atoms with Crippen LogP contribution in [0.2, 0.25) is 5.02 Å². The van der Waals surface area contributed by atoms with Gasteiger partial charge in [0.25, 0.3) is 15.9 Å². The van der Waals surface area contributed by atoms with Gasteiger partial charge in [-0.05, 0) is 67.4 Å². The summed E-state index contributed by atoms with van der Waals surface area (Å²) in [7, 11) is -3.89. The Balaban J connectivity index is 1.40. The van der Waals surface area contributed by atoms with Crippen molar-refractivity contribution in [3.63, 3.8) is 0 Å². The Morgan fingerprint density at radius 2 is 1.85 bits per heavy atom. The minimum atomic E-state index is -3.89.